The second kappa shape index (κ2) is 10.8. The second-order valence-electron chi connectivity index (χ2n) is 5.97. The number of nitrogens with one attached hydrogen (secondary N) is 2. The first-order valence-electron chi connectivity index (χ1n) is 8.68. The molecule has 2 heterocycles. The van der Waals surface area contributed by atoms with E-state index in [-0.39, 0.29) is 24.0 Å². The van der Waals surface area contributed by atoms with E-state index >= 15 is 0 Å². The third-order valence-corrected chi connectivity index (χ3v) is 4.20. The van der Waals surface area contributed by atoms with Crippen molar-refractivity contribution in [1.82, 2.24) is 15.6 Å². The molecule has 0 amide bonds. The van der Waals surface area contributed by atoms with E-state index in [0.29, 0.717) is 0 Å². The Hall–Kier alpha value is -2.09. The van der Waals surface area contributed by atoms with Gasteiger partial charge in [-0.3, -0.25) is 9.98 Å². The number of rotatable bonds is 6. The van der Waals surface area contributed by atoms with Gasteiger partial charge in [-0.15, -0.1) is 24.0 Å². The first-order chi connectivity index (χ1) is 12.3. The molecular formula is C20H26IN5. The molecule has 0 aliphatic carbocycles. The van der Waals surface area contributed by atoms with Gasteiger partial charge in [-0.05, 0) is 29.8 Å². The van der Waals surface area contributed by atoms with Gasteiger partial charge in [0, 0.05) is 57.2 Å². The Balaban J connectivity index is 0.00000243. The summed E-state index contributed by atoms with van der Waals surface area (Å²) in [7, 11) is 1.79. The maximum Gasteiger partial charge on any atom is 0.191 e. The van der Waals surface area contributed by atoms with Crippen molar-refractivity contribution in [2.45, 2.75) is 13.0 Å². The fourth-order valence-electron chi connectivity index (χ4n) is 2.77. The Morgan fingerprint density at radius 1 is 1.08 bits per heavy atom. The molecule has 26 heavy (non-hydrogen) atoms. The van der Waals surface area contributed by atoms with Crippen molar-refractivity contribution >= 4 is 35.6 Å². The van der Waals surface area contributed by atoms with E-state index in [0.717, 1.165) is 44.3 Å². The summed E-state index contributed by atoms with van der Waals surface area (Å²) in [5.74, 6) is 0.809. The third kappa shape index (κ3) is 6.01. The molecule has 0 atom stereocenters. The molecule has 2 aromatic rings. The predicted molar refractivity (Wildman–Crippen MR) is 119 cm³/mol. The number of hydrogen-bond donors (Lipinski definition) is 2. The number of aliphatic imine (C=N–C) groups is 1. The molecule has 5 nitrogen and oxygen atoms in total. The van der Waals surface area contributed by atoms with Crippen LogP contribution in [0.5, 0.6) is 0 Å². The van der Waals surface area contributed by atoms with Crippen molar-refractivity contribution in [3.63, 3.8) is 0 Å². The van der Waals surface area contributed by atoms with Gasteiger partial charge in [-0.25, -0.2) is 0 Å². The summed E-state index contributed by atoms with van der Waals surface area (Å²) in [6, 6.07) is 14.7. The van der Waals surface area contributed by atoms with Crippen molar-refractivity contribution < 1.29 is 0 Å². The number of aromatic nitrogens is 1. The molecular weight excluding hydrogens is 437 g/mol. The first-order valence-corrected chi connectivity index (χ1v) is 8.68. The maximum atomic E-state index is 4.33. The normalized spacial score (nSPS) is 13.4. The number of hydrogen-bond acceptors (Lipinski definition) is 3. The van der Waals surface area contributed by atoms with Crippen LogP contribution in [0.25, 0.3) is 0 Å². The minimum Gasteiger partial charge on any atom is -0.364 e. The monoisotopic (exact) mass is 463 g/mol. The molecule has 0 saturated carbocycles. The number of pyridine rings is 1. The van der Waals surface area contributed by atoms with Gasteiger partial charge >= 0.3 is 0 Å². The van der Waals surface area contributed by atoms with Crippen molar-refractivity contribution in [2.75, 3.05) is 31.6 Å². The molecule has 1 aliphatic rings. The van der Waals surface area contributed by atoms with Crippen LogP contribution in [0.2, 0.25) is 0 Å². The molecule has 0 saturated heterocycles. The first kappa shape index (κ1) is 20.2. The third-order valence-electron chi connectivity index (χ3n) is 4.20. The van der Waals surface area contributed by atoms with Crippen LogP contribution in [0.15, 0.2) is 65.8 Å². The average molecular weight is 463 g/mol. The Bertz CT molecular complexity index is 705. The fraction of sp³-hybridized carbons (Fsp3) is 0.300. The highest BCUT2D eigenvalue weighted by molar-refractivity contribution is 14.0. The van der Waals surface area contributed by atoms with Gasteiger partial charge < -0.3 is 15.5 Å². The van der Waals surface area contributed by atoms with Gasteiger partial charge in [0.2, 0.25) is 0 Å². The van der Waals surface area contributed by atoms with Crippen LogP contribution in [-0.4, -0.2) is 37.6 Å². The molecule has 0 radical (unpaired) electrons. The van der Waals surface area contributed by atoms with E-state index in [1.165, 1.54) is 11.3 Å². The van der Waals surface area contributed by atoms with Crippen LogP contribution in [0.3, 0.4) is 0 Å². The number of halogens is 1. The lowest BCUT2D eigenvalue weighted by atomic mass is 10.2. The second-order valence-corrected chi connectivity index (χ2v) is 5.97. The van der Waals surface area contributed by atoms with Crippen LogP contribution >= 0.6 is 24.0 Å². The Morgan fingerprint density at radius 2 is 1.85 bits per heavy atom. The van der Waals surface area contributed by atoms with Crippen LogP contribution < -0.4 is 15.5 Å². The van der Waals surface area contributed by atoms with E-state index < -0.39 is 0 Å². The largest absolute Gasteiger partial charge is 0.364 e. The quantitative estimate of drug-likeness (QED) is 0.300. The van der Waals surface area contributed by atoms with E-state index in [9.17, 15) is 0 Å². The van der Waals surface area contributed by atoms with E-state index in [1.807, 2.05) is 24.4 Å². The van der Waals surface area contributed by atoms with Gasteiger partial charge in [0.15, 0.2) is 5.96 Å². The summed E-state index contributed by atoms with van der Waals surface area (Å²) in [6.07, 6.45) is 7.11. The van der Waals surface area contributed by atoms with Crippen LogP contribution in [0.4, 0.5) is 5.69 Å². The van der Waals surface area contributed by atoms with Crippen molar-refractivity contribution in [3.05, 3.63) is 72.1 Å². The predicted octanol–water partition coefficient (Wildman–Crippen LogP) is 2.98. The number of nitrogens with zero attached hydrogens (tertiary/aromatic N) is 3. The molecule has 6 heteroatoms. The average Bonchev–Trinajstić information content (AvgIpc) is 3.20. The zero-order valence-corrected chi connectivity index (χ0v) is 17.4. The van der Waals surface area contributed by atoms with Gasteiger partial charge in [-0.1, -0.05) is 30.4 Å². The summed E-state index contributed by atoms with van der Waals surface area (Å²) in [5.41, 5.74) is 3.59. The van der Waals surface area contributed by atoms with Gasteiger partial charge in [0.05, 0.1) is 0 Å². The number of guanidine groups is 1. The summed E-state index contributed by atoms with van der Waals surface area (Å²) in [4.78, 5) is 10.9. The van der Waals surface area contributed by atoms with Gasteiger partial charge in [0.25, 0.3) is 0 Å². The highest BCUT2D eigenvalue weighted by Gasteiger charge is 2.07. The molecule has 0 fully saturated rings. The minimum atomic E-state index is 0. The van der Waals surface area contributed by atoms with Gasteiger partial charge in [0.1, 0.15) is 0 Å². The van der Waals surface area contributed by atoms with Crippen LogP contribution in [0, 0.1) is 0 Å². The minimum absolute atomic E-state index is 0. The molecule has 0 bridgehead atoms. The highest BCUT2D eigenvalue weighted by Crippen LogP contribution is 2.17. The zero-order chi connectivity index (χ0) is 17.3. The Labute approximate surface area is 172 Å². The highest BCUT2D eigenvalue weighted by atomic mass is 127. The lowest BCUT2D eigenvalue weighted by Crippen LogP contribution is -2.37. The van der Waals surface area contributed by atoms with Crippen molar-refractivity contribution in [3.8, 4) is 0 Å². The van der Waals surface area contributed by atoms with E-state index in [2.05, 4.69) is 61.9 Å². The van der Waals surface area contributed by atoms with Gasteiger partial charge in [-0.2, -0.15) is 0 Å². The lowest BCUT2D eigenvalue weighted by molar-refractivity contribution is 0.784. The van der Waals surface area contributed by atoms with Crippen LogP contribution in [-0.2, 0) is 13.0 Å². The smallest absolute Gasteiger partial charge is 0.191 e. The van der Waals surface area contributed by atoms with Crippen molar-refractivity contribution in [1.29, 1.82) is 0 Å². The fourth-order valence-corrected chi connectivity index (χ4v) is 2.77. The topological polar surface area (TPSA) is 52.6 Å². The molecule has 1 aliphatic heterocycles. The lowest BCUT2D eigenvalue weighted by Gasteiger charge is -2.18. The van der Waals surface area contributed by atoms with Crippen LogP contribution in [0.1, 0.15) is 11.3 Å². The molecule has 0 spiro atoms. The molecule has 138 valence electrons. The number of benzene rings is 1. The van der Waals surface area contributed by atoms with E-state index in [4.69, 9.17) is 0 Å². The molecule has 2 N–H and O–H groups in total. The summed E-state index contributed by atoms with van der Waals surface area (Å²) in [6.45, 7) is 3.56. The zero-order valence-electron chi connectivity index (χ0n) is 15.1. The molecule has 3 rings (SSSR count). The number of anilines is 1. The van der Waals surface area contributed by atoms with E-state index in [1.54, 1.807) is 7.05 Å². The Kier molecular flexibility index (Phi) is 8.40. The Morgan fingerprint density at radius 3 is 2.50 bits per heavy atom. The molecule has 0 unspecified atom stereocenters. The summed E-state index contributed by atoms with van der Waals surface area (Å²) < 4.78 is 0. The molecule has 1 aromatic carbocycles. The SMILES string of the molecule is CN=C(NCCc1ccccn1)NCc1ccc(N2CC=CC2)cc1.I. The summed E-state index contributed by atoms with van der Waals surface area (Å²) in [5, 5.41) is 6.68. The molecule has 1 aromatic heterocycles. The summed E-state index contributed by atoms with van der Waals surface area (Å²) >= 11 is 0. The standard InChI is InChI=1S/C20H25N5.HI/c1-21-20(23-13-11-18-6-2-3-12-22-18)24-16-17-7-9-19(10-8-17)25-14-4-5-15-25;/h2-10,12H,11,13-16H2,1H3,(H2,21,23,24);1H. The maximum absolute atomic E-state index is 4.33. The van der Waals surface area contributed by atoms with Crippen molar-refractivity contribution in [2.24, 2.45) is 4.99 Å².